The van der Waals surface area contributed by atoms with Crippen LogP contribution in [0.5, 0.6) is 0 Å². The van der Waals surface area contributed by atoms with E-state index in [-0.39, 0.29) is 13.0 Å². The van der Waals surface area contributed by atoms with Gasteiger partial charge in [0.25, 0.3) is 0 Å². The van der Waals surface area contributed by atoms with Crippen LogP contribution in [-0.4, -0.2) is 23.2 Å². The normalized spacial score (nSPS) is 11.6. The molecule has 0 saturated heterocycles. The van der Waals surface area contributed by atoms with Gasteiger partial charge >= 0.3 is 12.1 Å². The van der Waals surface area contributed by atoms with Gasteiger partial charge in [-0.15, -0.1) is 0 Å². The molecule has 0 unspecified atom stereocenters. The predicted molar refractivity (Wildman–Crippen MR) is 91.4 cm³/mol. The van der Waals surface area contributed by atoms with Crippen molar-refractivity contribution >= 4 is 35.3 Å². The molecule has 7 heteroatoms. The molecule has 0 aliphatic carbocycles. The Kier molecular flexibility index (Phi) is 6.46. The minimum atomic E-state index is -1.19. The molecule has 2 aromatic carbocycles. The first-order valence-electron chi connectivity index (χ1n) is 7.09. The maximum atomic E-state index is 11.8. The molecule has 1 amide bonds. The first-order chi connectivity index (χ1) is 11.5. The Morgan fingerprint density at radius 2 is 1.83 bits per heavy atom. The number of carbonyl (C=O) groups excluding carboxylic acids is 1. The van der Waals surface area contributed by atoms with Gasteiger partial charge in [0.05, 0.1) is 0 Å². The standard InChI is InChI=1S/C17H15Cl2NO4/c18-13-6-7-14(19)12(8-13)9-15(16(21)22)20-17(23)24-10-11-4-2-1-3-5-11/h1-8,15H,9-10H2,(H,20,23)(H,21,22)/t15-/m0/s1. The Bertz CT molecular complexity index is 722. The molecule has 0 aliphatic heterocycles. The van der Waals surface area contributed by atoms with Crippen molar-refractivity contribution < 1.29 is 19.4 Å². The van der Waals surface area contributed by atoms with Gasteiger partial charge in [0.1, 0.15) is 12.6 Å². The molecule has 0 aromatic heterocycles. The molecule has 24 heavy (non-hydrogen) atoms. The molecule has 0 spiro atoms. The van der Waals surface area contributed by atoms with Crippen molar-refractivity contribution in [3.63, 3.8) is 0 Å². The maximum absolute atomic E-state index is 11.8. The van der Waals surface area contributed by atoms with Gasteiger partial charge in [-0.05, 0) is 29.3 Å². The lowest BCUT2D eigenvalue weighted by Crippen LogP contribution is -2.42. The van der Waals surface area contributed by atoms with Gasteiger partial charge in [0, 0.05) is 16.5 Å². The van der Waals surface area contributed by atoms with Gasteiger partial charge in [0.2, 0.25) is 0 Å². The zero-order valence-corrected chi connectivity index (χ0v) is 14.1. The fourth-order valence-electron chi connectivity index (χ4n) is 2.03. The second kappa shape index (κ2) is 8.57. The quantitative estimate of drug-likeness (QED) is 0.811. The highest BCUT2D eigenvalue weighted by Crippen LogP contribution is 2.22. The van der Waals surface area contributed by atoms with E-state index >= 15 is 0 Å². The third-order valence-electron chi connectivity index (χ3n) is 3.23. The molecule has 0 aliphatic rings. The molecule has 0 heterocycles. The van der Waals surface area contributed by atoms with E-state index in [1.165, 1.54) is 0 Å². The van der Waals surface area contributed by atoms with Gasteiger partial charge < -0.3 is 15.2 Å². The number of aliphatic carboxylic acids is 1. The fourth-order valence-corrected chi connectivity index (χ4v) is 2.42. The summed E-state index contributed by atoms with van der Waals surface area (Å²) >= 11 is 11.9. The summed E-state index contributed by atoms with van der Waals surface area (Å²) in [6.07, 6.45) is -0.820. The molecular weight excluding hydrogens is 353 g/mol. The summed E-state index contributed by atoms with van der Waals surface area (Å²) in [7, 11) is 0. The van der Waals surface area contributed by atoms with Crippen LogP contribution in [0.25, 0.3) is 0 Å². The minimum Gasteiger partial charge on any atom is -0.480 e. The summed E-state index contributed by atoms with van der Waals surface area (Å²) in [6, 6.07) is 12.6. The van der Waals surface area contributed by atoms with Crippen molar-refractivity contribution in [1.29, 1.82) is 0 Å². The SMILES string of the molecule is O=C(N[C@@H](Cc1cc(Cl)ccc1Cl)C(=O)O)OCc1ccccc1. The number of rotatable bonds is 6. The monoisotopic (exact) mass is 367 g/mol. The van der Waals surface area contributed by atoms with Crippen LogP contribution >= 0.6 is 23.2 Å². The second-order valence-corrected chi connectivity index (χ2v) is 5.88. The summed E-state index contributed by atoms with van der Waals surface area (Å²) in [5.41, 5.74) is 1.33. The summed E-state index contributed by atoms with van der Waals surface area (Å²) in [6.45, 7) is 0.0525. The van der Waals surface area contributed by atoms with E-state index in [0.29, 0.717) is 15.6 Å². The number of hydrogen-bond donors (Lipinski definition) is 2. The molecule has 5 nitrogen and oxygen atoms in total. The molecule has 0 saturated carbocycles. The zero-order chi connectivity index (χ0) is 17.5. The van der Waals surface area contributed by atoms with E-state index in [4.69, 9.17) is 27.9 Å². The highest BCUT2D eigenvalue weighted by Gasteiger charge is 2.22. The Balaban J connectivity index is 1.96. The fraction of sp³-hybridized carbons (Fsp3) is 0.176. The van der Waals surface area contributed by atoms with Crippen molar-refractivity contribution in [1.82, 2.24) is 5.32 Å². The molecule has 2 rings (SSSR count). The lowest BCUT2D eigenvalue weighted by Gasteiger charge is -2.15. The third-order valence-corrected chi connectivity index (χ3v) is 3.84. The highest BCUT2D eigenvalue weighted by molar-refractivity contribution is 6.33. The number of carbonyl (C=O) groups is 2. The average molecular weight is 368 g/mol. The van der Waals surface area contributed by atoms with Crippen LogP contribution in [0.1, 0.15) is 11.1 Å². The summed E-state index contributed by atoms with van der Waals surface area (Å²) in [5.74, 6) is -1.19. The van der Waals surface area contributed by atoms with Crippen LogP contribution in [0.3, 0.4) is 0 Å². The number of nitrogens with one attached hydrogen (secondary N) is 1. The van der Waals surface area contributed by atoms with Gasteiger partial charge in [-0.2, -0.15) is 0 Å². The van der Waals surface area contributed by atoms with E-state index in [9.17, 15) is 14.7 Å². The summed E-state index contributed by atoms with van der Waals surface area (Å²) < 4.78 is 5.03. The second-order valence-electron chi connectivity index (χ2n) is 5.04. The van der Waals surface area contributed by atoms with E-state index in [0.717, 1.165) is 5.56 Å². The zero-order valence-electron chi connectivity index (χ0n) is 12.5. The predicted octanol–water partition coefficient (Wildman–Crippen LogP) is 3.92. The van der Waals surface area contributed by atoms with Crippen molar-refractivity contribution in [2.45, 2.75) is 19.1 Å². The van der Waals surface area contributed by atoms with Crippen molar-refractivity contribution in [3.05, 3.63) is 69.7 Å². The lowest BCUT2D eigenvalue weighted by atomic mass is 10.1. The van der Waals surface area contributed by atoms with Crippen molar-refractivity contribution in [2.75, 3.05) is 0 Å². The van der Waals surface area contributed by atoms with Gasteiger partial charge in [0.15, 0.2) is 0 Å². The van der Waals surface area contributed by atoms with Crippen molar-refractivity contribution in [3.8, 4) is 0 Å². The lowest BCUT2D eigenvalue weighted by molar-refractivity contribution is -0.139. The van der Waals surface area contributed by atoms with E-state index in [1.54, 1.807) is 30.3 Å². The van der Waals surface area contributed by atoms with Gasteiger partial charge in [-0.25, -0.2) is 9.59 Å². The number of hydrogen-bond acceptors (Lipinski definition) is 3. The van der Waals surface area contributed by atoms with Crippen LogP contribution in [0.4, 0.5) is 4.79 Å². The smallest absolute Gasteiger partial charge is 0.408 e. The number of carboxylic acids is 1. The van der Waals surface area contributed by atoms with Crippen LogP contribution in [-0.2, 0) is 22.6 Å². The number of benzene rings is 2. The van der Waals surface area contributed by atoms with Gasteiger partial charge in [-0.3, -0.25) is 0 Å². The maximum Gasteiger partial charge on any atom is 0.408 e. The van der Waals surface area contributed by atoms with Gasteiger partial charge in [-0.1, -0.05) is 53.5 Å². The summed E-state index contributed by atoms with van der Waals surface area (Å²) in [4.78, 5) is 23.2. The summed E-state index contributed by atoms with van der Waals surface area (Å²) in [5, 5.41) is 12.4. The highest BCUT2D eigenvalue weighted by atomic mass is 35.5. The largest absolute Gasteiger partial charge is 0.480 e. The van der Waals surface area contributed by atoms with E-state index < -0.39 is 18.1 Å². The van der Waals surface area contributed by atoms with Crippen LogP contribution in [0.2, 0.25) is 10.0 Å². The molecule has 126 valence electrons. The Morgan fingerprint density at radius 3 is 2.50 bits per heavy atom. The molecular formula is C17H15Cl2NO4. The Hall–Kier alpha value is -2.24. The number of ether oxygens (including phenoxy) is 1. The number of carboxylic acid groups (broad SMARTS) is 1. The molecule has 0 fully saturated rings. The van der Waals surface area contributed by atoms with Crippen LogP contribution < -0.4 is 5.32 Å². The first-order valence-corrected chi connectivity index (χ1v) is 7.85. The topological polar surface area (TPSA) is 75.6 Å². The molecule has 2 N–H and O–H groups in total. The Morgan fingerprint density at radius 1 is 1.12 bits per heavy atom. The molecule has 1 atom stereocenters. The molecule has 2 aromatic rings. The first kappa shape index (κ1) is 18.1. The van der Waals surface area contributed by atoms with Crippen LogP contribution in [0, 0.1) is 0 Å². The van der Waals surface area contributed by atoms with E-state index in [1.807, 2.05) is 18.2 Å². The number of halogens is 2. The minimum absolute atomic E-state index is 0.00480. The third kappa shape index (κ3) is 5.44. The molecule has 0 radical (unpaired) electrons. The average Bonchev–Trinajstić information content (AvgIpc) is 2.56. The Labute approximate surface area is 149 Å². The van der Waals surface area contributed by atoms with Crippen LogP contribution in [0.15, 0.2) is 48.5 Å². The number of alkyl carbamates (subject to hydrolysis) is 1. The van der Waals surface area contributed by atoms with Crippen molar-refractivity contribution in [2.24, 2.45) is 0 Å². The molecule has 0 bridgehead atoms. The number of amides is 1. The van der Waals surface area contributed by atoms with E-state index in [2.05, 4.69) is 5.32 Å².